The highest BCUT2D eigenvalue weighted by molar-refractivity contribution is 7.13. The van der Waals surface area contributed by atoms with Crippen LogP contribution >= 0.6 is 11.3 Å². The normalized spacial score (nSPS) is 11.9. The third-order valence-electron chi connectivity index (χ3n) is 1.99. The molecule has 0 spiro atoms. The molecule has 0 aliphatic heterocycles. The van der Waals surface area contributed by atoms with Crippen LogP contribution in [0.1, 0.15) is 19.5 Å². The summed E-state index contributed by atoms with van der Waals surface area (Å²) >= 11 is 1.61. The van der Waals surface area contributed by atoms with Crippen LogP contribution in [0.3, 0.4) is 0 Å². The molecule has 2 aromatic heterocycles. The molecule has 3 N–H and O–H groups in total. The topological polar surface area (TPSA) is 54.7 Å². The molecule has 0 saturated heterocycles. The second-order valence-electron chi connectivity index (χ2n) is 3.84. The summed E-state index contributed by atoms with van der Waals surface area (Å²) in [6.07, 6.45) is 1.89. The molecular formula is C10H13N3S. The molecule has 3 nitrogen and oxygen atoms in total. The first-order valence-corrected chi connectivity index (χ1v) is 5.34. The number of hydrogen-bond donors (Lipinski definition) is 2. The third-order valence-corrected chi connectivity index (χ3v) is 2.87. The Morgan fingerprint density at radius 1 is 1.50 bits per heavy atom. The minimum Gasteiger partial charge on any atom is -0.359 e. The van der Waals surface area contributed by atoms with Gasteiger partial charge in [-0.25, -0.2) is 4.98 Å². The van der Waals surface area contributed by atoms with E-state index in [4.69, 9.17) is 5.73 Å². The molecule has 0 fully saturated rings. The molecule has 0 unspecified atom stereocenters. The quantitative estimate of drug-likeness (QED) is 0.794. The van der Waals surface area contributed by atoms with E-state index in [1.54, 1.807) is 11.3 Å². The Morgan fingerprint density at radius 2 is 2.29 bits per heavy atom. The fourth-order valence-electron chi connectivity index (χ4n) is 1.16. The minimum atomic E-state index is -0.360. The van der Waals surface area contributed by atoms with Gasteiger partial charge in [0.1, 0.15) is 5.01 Å². The molecule has 0 aliphatic carbocycles. The van der Waals surface area contributed by atoms with E-state index in [1.807, 2.05) is 37.6 Å². The summed E-state index contributed by atoms with van der Waals surface area (Å²) < 4.78 is 0. The predicted octanol–water partition coefficient (Wildman–Crippen LogP) is 2.33. The highest BCUT2D eigenvalue weighted by Gasteiger charge is 2.18. The summed E-state index contributed by atoms with van der Waals surface area (Å²) in [5.41, 5.74) is 7.58. The van der Waals surface area contributed by atoms with Gasteiger partial charge in [0.2, 0.25) is 0 Å². The highest BCUT2D eigenvalue weighted by atomic mass is 32.1. The molecule has 4 heteroatoms. The molecule has 2 rings (SSSR count). The van der Waals surface area contributed by atoms with Crippen molar-refractivity contribution in [2.45, 2.75) is 19.4 Å². The number of rotatable bonds is 2. The van der Waals surface area contributed by atoms with E-state index in [0.29, 0.717) is 0 Å². The van der Waals surface area contributed by atoms with Crippen LogP contribution < -0.4 is 5.73 Å². The molecule has 0 aliphatic rings. The molecule has 0 radical (unpaired) electrons. The van der Waals surface area contributed by atoms with E-state index in [-0.39, 0.29) is 5.54 Å². The first-order chi connectivity index (χ1) is 6.57. The van der Waals surface area contributed by atoms with Gasteiger partial charge in [-0.15, -0.1) is 11.3 Å². The van der Waals surface area contributed by atoms with Crippen molar-refractivity contribution >= 4 is 11.3 Å². The van der Waals surface area contributed by atoms with Crippen LogP contribution in [-0.4, -0.2) is 9.97 Å². The maximum atomic E-state index is 5.96. The van der Waals surface area contributed by atoms with E-state index >= 15 is 0 Å². The Bertz CT molecular complexity index is 409. The van der Waals surface area contributed by atoms with Gasteiger partial charge in [0.25, 0.3) is 0 Å². The Morgan fingerprint density at radius 3 is 2.79 bits per heavy atom. The molecule has 2 aromatic rings. The molecule has 0 saturated carbocycles. The number of nitrogens with one attached hydrogen (secondary N) is 1. The first kappa shape index (κ1) is 9.43. The van der Waals surface area contributed by atoms with Crippen molar-refractivity contribution in [3.8, 4) is 10.7 Å². The standard InChI is InChI=1S/C10H13N3S/c1-10(2,11)8-6-14-9(13-8)7-4-3-5-12-7/h3-6,12H,11H2,1-2H3. The number of thiazole rings is 1. The Labute approximate surface area is 87.0 Å². The van der Waals surface area contributed by atoms with Gasteiger partial charge in [-0.2, -0.15) is 0 Å². The van der Waals surface area contributed by atoms with E-state index in [2.05, 4.69) is 9.97 Å². The van der Waals surface area contributed by atoms with Gasteiger partial charge >= 0.3 is 0 Å². The van der Waals surface area contributed by atoms with Crippen LogP contribution in [0.2, 0.25) is 0 Å². The lowest BCUT2D eigenvalue weighted by Gasteiger charge is -2.14. The van der Waals surface area contributed by atoms with Gasteiger partial charge in [0, 0.05) is 11.6 Å². The predicted molar refractivity (Wildman–Crippen MR) is 59.1 cm³/mol. The number of hydrogen-bond acceptors (Lipinski definition) is 3. The third kappa shape index (κ3) is 1.71. The van der Waals surface area contributed by atoms with Gasteiger partial charge in [-0.05, 0) is 26.0 Å². The van der Waals surface area contributed by atoms with Crippen molar-refractivity contribution in [1.29, 1.82) is 0 Å². The Balaban J connectivity index is 2.36. The van der Waals surface area contributed by atoms with E-state index in [1.165, 1.54) is 0 Å². The van der Waals surface area contributed by atoms with Crippen molar-refractivity contribution in [1.82, 2.24) is 9.97 Å². The SMILES string of the molecule is CC(C)(N)c1csc(-c2ccc[nH]2)n1. The molecule has 2 heterocycles. The van der Waals surface area contributed by atoms with Gasteiger partial charge in [-0.3, -0.25) is 0 Å². The second kappa shape index (κ2) is 3.22. The zero-order chi connectivity index (χ0) is 10.2. The van der Waals surface area contributed by atoms with Crippen LogP contribution in [0.4, 0.5) is 0 Å². The zero-order valence-corrected chi connectivity index (χ0v) is 9.06. The molecule has 0 amide bonds. The van der Waals surface area contributed by atoms with Crippen molar-refractivity contribution < 1.29 is 0 Å². The second-order valence-corrected chi connectivity index (χ2v) is 4.70. The number of nitrogens with two attached hydrogens (primary N) is 1. The first-order valence-electron chi connectivity index (χ1n) is 4.46. The van der Waals surface area contributed by atoms with Crippen LogP contribution in [0.25, 0.3) is 10.7 Å². The maximum Gasteiger partial charge on any atom is 0.140 e. The summed E-state index contributed by atoms with van der Waals surface area (Å²) in [6.45, 7) is 3.92. The fourth-order valence-corrected chi connectivity index (χ4v) is 2.14. The van der Waals surface area contributed by atoms with Gasteiger partial charge in [0.05, 0.1) is 16.9 Å². The van der Waals surface area contributed by atoms with Crippen LogP contribution in [0.5, 0.6) is 0 Å². The van der Waals surface area contributed by atoms with Gasteiger partial charge < -0.3 is 10.7 Å². The maximum absolute atomic E-state index is 5.96. The molecule has 0 aromatic carbocycles. The Hall–Kier alpha value is -1.13. The number of H-pyrrole nitrogens is 1. The van der Waals surface area contributed by atoms with E-state index in [9.17, 15) is 0 Å². The molecule has 0 bridgehead atoms. The van der Waals surface area contributed by atoms with Crippen LogP contribution in [-0.2, 0) is 5.54 Å². The largest absolute Gasteiger partial charge is 0.359 e. The lowest BCUT2D eigenvalue weighted by molar-refractivity contribution is 0.539. The summed E-state index contributed by atoms with van der Waals surface area (Å²) in [5, 5.41) is 3.00. The summed E-state index contributed by atoms with van der Waals surface area (Å²) in [7, 11) is 0. The molecular weight excluding hydrogens is 194 g/mol. The molecule has 14 heavy (non-hydrogen) atoms. The lowest BCUT2D eigenvalue weighted by atomic mass is 10.0. The summed E-state index contributed by atoms with van der Waals surface area (Å²) in [5.74, 6) is 0. The monoisotopic (exact) mass is 207 g/mol. The minimum absolute atomic E-state index is 0.360. The zero-order valence-electron chi connectivity index (χ0n) is 8.24. The molecule has 74 valence electrons. The van der Waals surface area contributed by atoms with Crippen molar-refractivity contribution in [3.63, 3.8) is 0 Å². The number of nitrogens with zero attached hydrogens (tertiary/aromatic N) is 1. The molecule has 0 atom stereocenters. The highest BCUT2D eigenvalue weighted by Crippen LogP contribution is 2.26. The van der Waals surface area contributed by atoms with Gasteiger partial charge in [0.15, 0.2) is 0 Å². The average molecular weight is 207 g/mol. The van der Waals surface area contributed by atoms with Crippen molar-refractivity contribution in [2.24, 2.45) is 5.73 Å². The van der Waals surface area contributed by atoms with Crippen molar-refractivity contribution in [2.75, 3.05) is 0 Å². The number of aromatic amines is 1. The summed E-state index contributed by atoms with van der Waals surface area (Å²) in [6, 6.07) is 3.97. The van der Waals surface area contributed by atoms with Crippen LogP contribution in [0, 0.1) is 0 Å². The van der Waals surface area contributed by atoms with E-state index in [0.717, 1.165) is 16.4 Å². The summed E-state index contributed by atoms with van der Waals surface area (Å²) in [4.78, 5) is 7.61. The van der Waals surface area contributed by atoms with Crippen LogP contribution in [0.15, 0.2) is 23.7 Å². The fraction of sp³-hybridized carbons (Fsp3) is 0.300. The van der Waals surface area contributed by atoms with Crippen molar-refractivity contribution in [3.05, 3.63) is 29.4 Å². The Kier molecular flexibility index (Phi) is 2.17. The lowest BCUT2D eigenvalue weighted by Crippen LogP contribution is -2.28. The van der Waals surface area contributed by atoms with E-state index < -0.39 is 0 Å². The van der Waals surface area contributed by atoms with Gasteiger partial charge in [-0.1, -0.05) is 0 Å². The smallest absolute Gasteiger partial charge is 0.140 e. The number of aromatic nitrogens is 2. The average Bonchev–Trinajstić information content (AvgIpc) is 2.73.